The molecule has 9 nitrogen and oxygen atoms in total. The molecule has 2 atom stereocenters. The molecule has 3 rings (SSSR count). The average Bonchev–Trinajstić information content (AvgIpc) is 3.11. The lowest BCUT2D eigenvalue weighted by molar-refractivity contribution is -0.149. The van der Waals surface area contributed by atoms with Crippen LogP contribution in [0.2, 0.25) is 0 Å². The van der Waals surface area contributed by atoms with Crippen molar-refractivity contribution in [3.8, 4) is 0 Å². The largest absolute Gasteiger partial charge is 0.467 e. The molecule has 154 valence electrons. The summed E-state index contributed by atoms with van der Waals surface area (Å²) in [4.78, 5) is 49.2. The van der Waals surface area contributed by atoms with Gasteiger partial charge in [0, 0.05) is 25.6 Å². The fourth-order valence-electron chi connectivity index (χ4n) is 3.41. The van der Waals surface area contributed by atoms with Crippen LogP contribution in [0.3, 0.4) is 0 Å². The molecule has 2 aliphatic rings. The van der Waals surface area contributed by atoms with Gasteiger partial charge in [0.25, 0.3) is 0 Å². The molecule has 1 unspecified atom stereocenters. The highest BCUT2D eigenvalue weighted by Gasteiger charge is 2.33. The van der Waals surface area contributed by atoms with Gasteiger partial charge >= 0.3 is 12.1 Å². The van der Waals surface area contributed by atoms with E-state index in [1.807, 2.05) is 18.2 Å². The first-order valence-electron chi connectivity index (χ1n) is 9.24. The number of nitrogens with zero attached hydrogens (tertiary/aromatic N) is 2. The van der Waals surface area contributed by atoms with E-state index in [2.05, 4.69) is 5.32 Å². The van der Waals surface area contributed by atoms with Gasteiger partial charge in [-0.1, -0.05) is 18.2 Å². The van der Waals surface area contributed by atoms with Crippen LogP contribution in [-0.2, 0) is 23.9 Å². The summed E-state index contributed by atoms with van der Waals surface area (Å²) >= 11 is 0. The number of nitrogens with one attached hydrogen (secondary N) is 1. The Kier molecular flexibility index (Phi) is 6.16. The lowest BCUT2D eigenvalue weighted by Gasteiger charge is -2.30. The number of rotatable bonds is 6. The van der Waals surface area contributed by atoms with Crippen molar-refractivity contribution in [1.82, 2.24) is 10.2 Å². The number of cyclic esters (lactones) is 1. The normalized spacial score (nSPS) is 21.3. The lowest BCUT2D eigenvalue weighted by atomic mass is 9.94. The molecule has 1 saturated heterocycles. The van der Waals surface area contributed by atoms with Crippen LogP contribution in [0, 0.1) is 0 Å². The maximum atomic E-state index is 12.1. The third-order valence-electron chi connectivity index (χ3n) is 4.97. The van der Waals surface area contributed by atoms with Gasteiger partial charge in [0.2, 0.25) is 12.3 Å². The highest BCUT2D eigenvalue weighted by molar-refractivity contribution is 5.90. The number of carbonyl (C=O) groups is 4. The van der Waals surface area contributed by atoms with Gasteiger partial charge in [0.1, 0.15) is 12.1 Å². The summed E-state index contributed by atoms with van der Waals surface area (Å²) in [5, 5.41) is 2.64. The molecule has 1 N–H and O–H groups in total. The van der Waals surface area contributed by atoms with Crippen LogP contribution in [0.1, 0.15) is 18.9 Å². The summed E-state index contributed by atoms with van der Waals surface area (Å²) in [5.41, 5.74) is 2.51. The molecule has 0 saturated carbocycles. The highest BCUT2D eigenvalue weighted by Crippen LogP contribution is 2.29. The number of methoxy groups -OCH3 is 1. The fourth-order valence-corrected chi connectivity index (χ4v) is 3.41. The van der Waals surface area contributed by atoms with Crippen molar-refractivity contribution in [2.75, 3.05) is 31.6 Å². The summed E-state index contributed by atoms with van der Waals surface area (Å²) in [7, 11) is 1.30. The summed E-state index contributed by atoms with van der Waals surface area (Å²) < 4.78 is 10.1. The minimum atomic E-state index is -0.653. The van der Waals surface area contributed by atoms with Crippen molar-refractivity contribution in [2.24, 2.45) is 0 Å². The van der Waals surface area contributed by atoms with Gasteiger partial charge in [-0.3, -0.25) is 14.5 Å². The quantitative estimate of drug-likeness (QED) is 0.562. The zero-order chi connectivity index (χ0) is 21.0. The van der Waals surface area contributed by atoms with Crippen LogP contribution in [0.5, 0.6) is 0 Å². The molecule has 1 aromatic carbocycles. The van der Waals surface area contributed by atoms with Gasteiger partial charge in [0.05, 0.1) is 20.2 Å². The number of anilines is 1. The average molecular weight is 401 g/mol. The number of hydrogen-bond acceptors (Lipinski definition) is 6. The third-order valence-corrected chi connectivity index (χ3v) is 4.97. The topological polar surface area (TPSA) is 105 Å². The van der Waals surface area contributed by atoms with Crippen LogP contribution >= 0.6 is 0 Å². The van der Waals surface area contributed by atoms with Crippen LogP contribution < -0.4 is 10.2 Å². The Morgan fingerprint density at radius 1 is 1.31 bits per heavy atom. The van der Waals surface area contributed by atoms with E-state index in [9.17, 15) is 19.2 Å². The Labute approximate surface area is 168 Å². The molecule has 2 heterocycles. The van der Waals surface area contributed by atoms with Gasteiger partial charge in [-0.2, -0.15) is 0 Å². The second kappa shape index (κ2) is 8.76. The van der Waals surface area contributed by atoms with Crippen molar-refractivity contribution < 1.29 is 28.7 Å². The monoisotopic (exact) mass is 401 g/mol. The smallest absolute Gasteiger partial charge is 0.414 e. The van der Waals surface area contributed by atoms with Crippen molar-refractivity contribution in [3.05, 3.63) is 35.9 Å². The fraction of sp³-hybridized carbons (Fsp3) is 0.400. The Bertz CT molecular complexity index is 835. The minimum Gasteiger partial charge on any atom is -0.467 e. The maximum absolute atomic E-state index is 12.1. The van der Waals surface area contributed by atoms with Gasteiger partial charge in [0.15, 0.2) is 0 Å². The van der Waals surface area contributed by atoms with Gasteiger partial charge < -0.3 is 19.7 Å². The second-order valence-corrected chi connectivity index (χ2v) is 6.87. The first-order valence-corrected chi connectivity index (χ1v) is 9.24. The molecule has 3 amide bonds. The van der Waals surface area contributed by atoms with E-state index in [4.69, 9.17) is 9.47 Å². The molecule has 1 aromatic rings. The van der Waals surface area contributed by atoms with Crippen molar-refractivity contribution >= 4 is 35.6 Å². The molecule has 0 aliphatic carbocycles. The van der Waals surface area contributed by atoms with Crippen LogP contribution in [0.25, 0.3) is 5.57 Å². The predicted octanol–water partition coefficient (Wildman–Crippen LogP) is 0.935. The maximum Gasteiger partial charge on any atom is 0.414 e. The van der Waals surface area contributed by atoms with Gasteiger partial charge in [-0.25, -0.2) is 9.59 Å². The number of benzene rings is 1. The summed E-state index contributed by atoms with van der Waals surface area (Å²) in [6.45, 7) is 2.35. The Morgan fingerprint density at radius 3 is 2.66 bits per heavy atom. The van der Waals surface area contributed by atoms with Crippen LogP contribution in [0.15, 0.2) is 30.3 Å². The van der Waals surface area contributed by atoms with Crippen molar-refractivity contribution in [3.63, 3.8) is 0 Å². The van der Waals surface area contributed by atoms with E-state index in [0.717, 1.165) is 11.1 Å². The molecule has 0 radical (unpaired) electrons. The molecule has 1 fully saturated rings. The van der Waals surface area contributed by atoms with Crippen LogP contribution in [-0.4, -0.2) is 68.2 Å². The SMILES string of the molecule is COC(=O)C1CC(c2ccc(N3C[C@H](CNC(C)=O)OC3=O)cc2)=CCN1C=O. The molecule has 2 aliphatic heterocycles. The Hall–Kier alpha value is -3.36. The van der Waals surface area contributed by atoms with Crippen molar-refractivity contribution in [1.29, 1.82) is 0 Å². The minimum absolute atomic E-state index is 0.178. The third kappa shape index (κ3) is 4.56. The van der Waals surface area contributed by atoms with E-state index < -0.39 is 24.2 Å². The lowest BCUT2D eigenvalue weighted by Crippen LogP contribution is -2.43. The summed E-state index contributed by atoms with van der Waals surface area (Å²) in [5.74, 6) is -0.632. The number of carbonyl (C=O) groups excluding carboxylic acids is 4. The summed E-state index contributed by atoms with van der Waals surface area (Å²) in [6.07, 6.45) is 2.04. The number of esters is 1. The van der Waals surface area contributed by atoms with E-state index in [-0.39, 0.29) is 12.5 Å². The predicted molar refractivity (Wildman–Crippen MR) is 104 cm³/mol. The van der Waals surface area contributed by atoms with Gasteiger partial charge in [-0.05, 0) is 23.3 Å². The first-order chi connectivity index (χ1) is 13.9. The Balaban J connectivity index is 1.69. The molecule has 0 bridgehead atoms. The number of amides is 3. The first kappa shape index (κ1) is 20.4. The standard InChI is InChI=1S/C20H23N3O6/c1-13(25)21-10-17-11-23(20(27)29-17)16-5-3-14(4-6-16)15-7-8-22(12-24)18(9-15)19(26)28-2/h3-7,12,17-18H,8-11H2,1-2H3,(H,21,25)/t17-,18?/m0/s1. The van der Waals surface area contributed by atoms with Gasteiger partial charge in [-0.15, -0.1) is 0 Å². The molecular formula is C20H23N3O6. The number of hydrogen-bond donors (Lipinski definition) is 1. The highest BCUT2D eigenvalue weighted by atomic mass is 16.6. The molecule has 9 heteroatoms. The zero-order valence-corrected chi connectivity index (χ0v) is 16.3. The molecule has 29 heavy (non-hydrogen) atoms. The molecule has 0 spiro atoms. The van der Waals surface area contributed by atoms with E-state index in [0.29, 0.717) is 31.6 Å². The molecule has 0 aromatic heterocycles. The van der Waals surface area contributed by atoms with Crippen molar-refractivity contribution in [2.45, 2.75) is 25.5 Å². The van der Waals surface area contributed by atoms with Crippen LogP contribution in [0.4, 0.5) is 10.5 Å². The second-order valence-electron chi connectivity index (χ2n) is 6.87. The zero-order valence-electron chi connectivity index (χ0n) is 16.3. The van der Waals surface area contributed by atoms with E-state index in [1.54, 1.807) is 12.1 Å². The summed E-state index contributed by atoms with van der Waals surface area (Å²) in [6, 6.07) is 6.68. The Morgan fingerprint density at radius 2 is 2.03 bits per heavy atom. The number of ether oxygens (including phenoxy) is 2. The molecular weight excluding hydrogens is 378 g/mol. The van der Waals surface area contributed by atoms with E-state index in [1.165, 1.54) is 23.8 Å². The van der Waals surface area contributed by atoms with E-state index >= 15 is 0 Å².